The van der Waals surface area contributed by atoms with Gasteiger partial charge in [0.1, 0.15) is 6.04 Å². The summed E-state index contributed by atoms with van der Waals surface area (Å²) in [5.41, 5.74) is 1.29. The van der Waals surface area contributed by atoms with Gasteiger partial charge in [0.25, 0.3) is 5.91 Å². The van der Waals surface area contributed by atoms with Crippen LogP contribution in [0.25, 0.3) is 11.0 Å². The van der Waals surface area contributed by atoms with Gasteiger partial charge in [-0.3, -0.25) is 9.36 Å². The van der Waals surface area contributed by atoms with E-state index in [0.717, 1.165) is 0 Å². The summed E-state index contributed by atoms with van der Waals surface area (Å²) in [4.78, 5) is 39.7. The lowest BCUT2D eigenvalue weighted by atomic mass is 10.1. The molecule has 1 saturated heterocycles. The van der Waals surface area contributed by atoms with E-state index < -0.39 is 12.0 Å². The number of benzene rings is 1. The lowest BCUT2D eigenvalue weighted by Crippen LogP contribution is -2.40. The van der Waals surface area contributed by atoms with Crippen molar-refractivity contribution in [3.05, 3.63) is 34.2 Å². The first-order valence-electron chi connectivity index (χ1n) is 7.17. The highest BCUT2D eigenvalue weighted by Crippen LogP contribution is 2.23. The van der Waals surface area contributed by atoms with Gasteiger partial charge >= 0.3 is 11.7 Å². The molecule has 0 radical (unpaired) electrons. The number of fused-ring (bicyclic) bond motifs is 1. The van der Waals surface area contributed by atoms with E-state index in [1.54, 1.807) is 25.2 Å². The zero-order valence-electron chi connectivity index (χ0n) is 12.8. The molecular formula is C15H17N3O5. The number of aromatic nitrogens is 2. The van der Waals surface area contributed by atoms with Crippen molar-refractivity contribution >= 4 is 22.9 Å². The summed E-state index contributed by atoms with van der Waals surface area (Å²) < 4.78 is 6.60. The number of methoxy groups -OCH3 is 1. The van der Waals surface area contributed by atoms with Crippen LogP contribution in [0.4, 0.5) is 0 Å². The number of nitrogens with one attached hydrogen (secondary N) is 1. The summed E-state index contributed by atoms with van der Waals surface area (Å²) in [6, 6.07) is 3.91. The van der Waals surface area contributed by atoms with E-state index >= 15 is 0 Å². The molecule has 3 rings (SSSR count). The maximum Gasteiger partial charge on any atom is 0.326 e. The van der Waals surface area contributed by atoms with Gasteiger partial charge in [0.2, 0.25) is 0 Å². The minimum atomic E-state index is -1.05. The van der Waals surface area contributed by atoms with Crippen molar-refractivity contribution in [3.8, 4) is 0 Å². The molecule has 0 saturated carbocycles. The number of imidazole rings is 1. The van der Waals surface area contributed by atoms with Gasteiger partial charge in [-0.1, -0.05) is 0 Å². The van der Waals surface area contributed by atoms with Gasteiger partial charge in [0.15, 0.2) is 0 Å². The molecule has 8 nitrogen and oxygen atoms in total. The summed E-state index contributed by atoms with van der Waals surface area (Å²) in [5.74, 6) is -1.43. The van der Waals surface area contributed by atoms with Crippen LogP contribution >= 0.6 is 0 Å². The van der Waals surface area contributed by atoms with Gasteiger partial charge in [0, 0.05) is 32.7 Å². The standard InChI is InChI=1S/C15H17N3O5/c1-17-11-5-8(3-4-10(11)16-15(17)22)13(19)18-7-9(23-2)6-12(18)14(20)21/h3-5,9,12H,6-7H2,1-2H3,(H,16,22)(H,20,21). The Bertz CT molecular complexity index is 837. The van der Waals surface area contributed by atoms with Gasteiger partial charge in [-0.15, -0.1) is 0 Å². The number of carboxylic acids is 1. The van der Waals surface area contributed by atoms with Gasteiger partial charge in [-0.25, -0.2) is 9.59 Å². The quantitative estimate of drug-likeness (QED) is 0.840. The molecular weight excluding hydrogens is 302 g/mol. The highest BCUT2D eigenvalue weighted by Gasteiger charge is 2.40. The molecule has 1 aromatic carbocycles. The van der Waals surface area contributed by atoms with Crippen molar-refractivity contribution in [2.24, 2.45) is 7.05 Å². The van der Waals surface area contributed by atoms with E-state index in [4.69, 9.17) is 4.74 Å². The van der Waals surface area contributed by atoms with Gasteiger partial charge < -0.3 is 19.7 Å². The molecule has 1 fully saturated rings. The molecule has 2 aromatic rings. The Morgan fingerprint density at radius 3 is 2.78 bits per heavy atom. The van der Waals surface area contributed by atoms with Crippen LogP contribution in [-0.4, -0.2) is 57.2 Å². The molecule has 2 N–H and O–H groups in total. The molecule has 1 amide bonds. The first-order chi connectivity index (χ1) is 10.9. The number of ether oxygens (including phenoxy) is 1. The van der Waals surface area contributed by atoms with Crippen LogP contribution in [0.2, 0.25) is 0 Å². The maximum atomic E-state index is 12.7. The molecule has 8 heteroatoms. The SMILES string of the molecule is COC1CC(C(=O)O)N(C(=O)c2ccc3[nH]c(=O)n(C)c3c2)C1. The Morgan fingerprint density at radius 2 is 2.13 bits per heavy atom. The van der Waals surface area contributed by atoms with Crippen molar-refractivity contribution in [2.75, 3.05) is 13.7 Å². The van der Waals surface area contributed by atoms with Crippen LogP contribution in [0.15, 0.2) is 23.0 Å². The highest BCUT2D eigenvalue weighted by molar-refractivity contribution is 5.99. The summed E-state index contributed by atoms with van der Waals surface area (Å²) >= 11 is 0. The van der Waals surface area contributed by atoms with E-state index in [9.17, 15) is 19.5 Å². The Hall–Kier alpha value is -2.61. The zero-order valence-corrected chi connectivity index (χ0v) is 12.8. The molecule has 23 heavy (non-hydrogen) atoms. The molecule has 122 valence electrons. The zero-order chi connectivity index (χ0) is 16.7. The van der Waals surface area contributed by atoms with Crippen molar-refractivity contribution in [2.45, 2.75) is 18.6 Å². The van der Waals surface area contributed by atoms with Crippen molar-refractivity contribution in [3.63, 3.8) is 0 Å². The lowest BCUT2D eigenvalue weighted by Gasteiger charge is -2.21. The Morgan fingerprint density at radius 1 is 1.39 bits per heavy atom. The number of carbonyl (C=O) groups is 2. The molecule has 0 bridgehead atoms. The average Bonchev–Trinajstić information content (AvgIpc) is 3.09. The highest BCUT2D eigenvalue weighted by atomic mass is 16.5. The van der Waals surface area contributed by atoms with Crippen molar-refractivity contribution in [1.82, 2.24) is 14.5 Å². The van der Waals surface area contributed by atoms with Crippen LogP contribution in [-0.2, 0) is 16.6 Å². The second-order valence-corrected chi connectivity index (χ2v) is 5.63. The van der Waals surface area contributed by atoms with E-state index in [1.165, 1.54) is 16.6 Å². The summed E-state index contributed by atoms with van der Waals surface area (Å²) in [5, 5.41) is 9.31. The Labute approximate surface area is 131 Å². The van der Waals surface area contributed by atoms with Crippen LogP contribution in [0, 0.1) is 0 Å². The van der Waals surface area contributed by atoms with E-state index in [0.29, 0.717) is 16.6 Å². The fourth-order valence-electron chi connectivity index (χ4n) is 2.95. The first kappa shape index (κ1) is 15.3. The number of aromatic amines is 1. The molecule has 2 heterocycles. The number of rotatable bonds is 3. The predicted molar refractivity (Wildman–Crippen MR) is 81.4 cm³/mol. The summed E-state index contributed by atoms with van der Waals surface area (Å²) in [6.07, 6.45) is -0.0250. The number of hydrogen-bond donors (Lipinski definition) is 2. The van der Waals surface area contributed by atoms with Crippen molar-refractivity contribution < 1.29 is 19.4 Å². The van der Waals surface area contributed by atoms with E-state index in [2.05, 4.69) is 4.98 Å². The number of carboxylic acid groups (broad SMARTS) is 1. The van der Waals surface area contributed by atoms with E-state index in [1.807, 2.05) is 0 Å². The van der Waals surface area contributed by atoms with Gasteiger partial charge in [-0.2, -0.15) is 0 Å². The minimum Gasteiger partial charge on any atom is -0.480 e. The fourth-order valence-corrected chi connectivity index (χ4v) is 2.95. The second kappa shape index (κ2) is 5.54. The number of hydrogen-bond acceptors (Lipinski definition) is 4. The number of amides is 1. The monoisotopic (exact) mass is 319 g/mol. The van der Waals surface area contributed by atoms with E-state index in [-0.39, 0.29) is 30.7 Å². The third kappa shape index (κ3) is 2.50. The smallest absolute Gasteiger partial charge is 0.326 e. The maximum absolute atomic E-state index is 12.7. The number of aliphatic carboxylic acids is 1. The second-order valence-electron chi connectivity index (χ2n) is 5.63. The van der Waals surface area contributed by atoms with Crippen LogP contribution in [0.3, 0.4) is 0 Å². The van der Waals surface area contributed by atoms with Crippen molar-refractivity contribution in [1.29, 1.82) is 0 Å². The molecule has 1 aliphatic rings. The van der Waals surface area contributed by atoms with Crippen LogP contribution in [0.5, 0.6) is 0 Å². The molecule has 0 aliphatic carbocycles. The number of carbonyl (C=O) groups excluding carboxylic acids is 1. The Balaban J connectivity index is 1.97. The molecule has 0 spiro atoms. The number of nitrogens with zero attached hydrogens (tertiary/aromatic N) is 2. The third-order valence-electron chi connectivity index (χ3n) is 4.29. The fraction of sp³-hybridized carbons (Fsp3) is 0.400. The largest absolute Gasteiger partial charge is 0.480 e. The molecule has 1 aromatic heterocycles. The normalized spacial score (nSPS) is 21.0. The minimum absolute atomic E-state index is 0.233. The number of aryl methyl sites for hydroxylation is 1. The van der Waals surface area contributed by atoms with Gasteiger partial charge in [0.05, 0.1) is 17.1 Å². The molecule has 1 aliphatic heterocycles. The first-order valence-corrected chi connectivity index (χ1v) is 7.17. The predicted octanol–water partition coefficient (Wildman–Crippen LogP) is 0.181. The van der Waals surface area contributed by atoms with Crippen LogP contribution in [0.1, 0.15) is 16.8 Å². The lowest BCUT2D eigenvalue weighted by molar-refractivity contribution is -0.141. The van der Waals surface area contributed by atoms with Gasteiger partial charge in [-0.05, 0) is 18.2 Å². The summed E-state index contributed by atoms with van der Waals surface area (Å²) in [6.45, 7) is 0.233. The molecule has 2 unspecified atom stereocenters. The number of H-pyrrole nitrogens is 1. The Kier molecular flexibility index (Phi) is 3.69. The molecule has 2 atom stereocenters. The topological polar surface area (TPSA) is 105 Å². The summed E-state index contributed by atoms with van der Waals surface area (Å²) in [7, 11) is 3.10. The average molecular weight is 319 g/mol. The van der Waals surface area contributed by atoms with Crippen LogP contribution < -0.4 is 5.69 Å². The number of likely N-dealkylation sites (tertiary alicyclic amines) is 1. The third-order valence-corrected chi connectivity index (χ3v) is 4.29.